The molecule has 1 heterocycles. The van der Waals surface area contributed by atoms with Crippen LogP contribution in [0.5, 0.6) is 0 Å². The quantitative estimate of drug-likeness (QED) is 0.809. The molecule has 1 N–H and O–H groups in total. The molecular formula is C17H28N2. The smallest absolute Gasteiger partial charge is 0.0233 e. The van der Waals surface area contributed by atoms with Crippen molar-refractivity contribution in [1.82, 2.24) is 10.2 Å². The van der Waals surface area contributed by atoms with Crippen molar-refractivity contribution in [2.45, 2.75) is 39.2 Å². The SMILES string of the molecule is CCN(CCCC1CCNCC1)Cc1ccccc1. The van der Waals surface area contributed by atoms with Crippen LogP contribution in [0.3, 0.4) is 0 Å². The lowest BCUT2D eigenvalue weighted by molar-refractivity contribution is 0.255. The lowest BCUT2D eigenvalue weighted by Gasteiger charge is -2.25. The fourth-order valence-corrected chi connectivity index (χ4v) is 2.96. The molecule has 1 aliphatic heterocycles. The average Bonchev–Trinajstić information content (AvgIpc) is 2.48. The number of benzene rings is 1. The molecular weight excluding hydrogens is 232 g/mol. The molecule has 1 aromatic carbocycles. The van der Waals surface area contributed by atoms with Crippen LogP contribution in [0.4, 0.5) is 0 Å². The topological polar surface area (TPSA) is 15.3 Å². The van der Waals surface area contributed by atoms with E-state index in [9.17, 15) is 0 Å². The van der Waals surface area contributed by atoms with Gasteiger partial charge in [-0.3, -0.25) is 4.90 Å². The molecule has 0 spiro atoms. The molecule has 0 unspecified atom stereocenters. The molecule has 0 saturated carbocycles. The Morgan fingerprint density at radius 3 is 2.58 bits per heavy atom. The summed E-state index contributed by atoms with van der Waals surface area (Å²) < 4.78 is 0. The van der Waals surface area contributed by atoms with Gasteiger partial charge in [0.1, 0.15) is 0 Å². The van der Waals surface area contributed by atoms with Crippen molar-refractivity contribution in [3.63, 3.8) is 0 Å². The average molecular weight is 260 g/mol. The zero-order chi connectivity index (χ0) is 13.3. The standard InChI is InChI=1S/C17H28N2/c1-2-19(15-17-7-4-3-5-8-17)14-6-9-16-10-12-18-13-11-16/h3-5,7-8,16,18H,2,6,9-15H2,1H3. The van der Waals surface area contributed by atoms with Crippen LogP contribution in [-0.2, 0) is 6.54 Å². The van der Waals surface area contributed by atoms with Gasteiger partial charge in [-0.05, 0) is 63.3 Å². The Bertz CT molecular complexity index is 330. The van der Waals surface area contributed by atoms with Gasteiger partial charge in [-0.2, -0.15) is 0 Å². The van der Waals surface area contributed by atoms with Gasteiger partial charge in [-0.15, -0.1) is 0 Å². The second kappa shape index (κ2) is 8.34. The van der Waals surface area contributed by atoms with Crippen LogP contribution in [0.15, 0.2) is 30.3 Å². The summed E-state index contributed by atoms with van der Waals surface area (Å²) in [5.74, 6) is 0.969. The Morgan fingerprint density at radius 1 is 1.16 bits per heavy atom. The van der Waals surface area contributed by atoms with Crippen LogP contribution in [0.25, 0.3) is 0 Å². The molecule has 1 aliphatic rings. The van der Waals surface area contributed by atoms with Crippen LogP contribution >= 0.6 is 0 Å². The van der Waals surface area contributed by atoms with Gasteiger partial charge in [0.05, 0.1) is 0 Å². The fourth-order valence-electron chi connectivity index (χ4n) is 2.96. The number of nitrogens with zero attached hydrogens (tertiary/aromatic N) is 1. The van der Waals surface area contributed by atoms with Crippen molar-refractivity contribution in [2.24, 2.45) is 5.92 Å². The van der Waals surface area contributed by atoms with Gasteiger partial charge in [-0.25, -0.2) is 0 Å². The second-order valence-corrected chi connectivity index (χ2v) is 5.69. The van der Waals surface area contributed by atoms with Gasteiger partial charge in [0.2, 0.25) is 0 Å². The Labute approximate surface area is 118 Å². The largest absolute Gasteiger partial charge is 0.317 e. The molecule has 1 aromatic rings. The minimum Gasteiger partial charge on any atom is -0.317 e. The third kappa shape index (κ3) is 5.33. The number of hydrogen-bond acceptors (Lipinski definition) is 2. The molecule has 0 aliphatic carbocycles. The molecule has 0 radical (unpaired) electrons. The summed E-state index contributed by atoms with van der Waals surface area (Å²) in [7, 11) is 0. The highest BCUT2D eigenvalue weighted by Gasteiger charge is 2.13. The van der Waals surface area contributed by atoms with Crippen molar-refractivity contribution in [1.29, 1.82) is 0 Å². The molecule has 2 nitrogen and oxygen atoms in total. The maximum absolute atomic E-state index is 3.45. The third-order valence-corrected chi connectivity index (χ3v) is 4.24. The molecule has 0 amide bonds. The number of piperidine rings is 1. The number of rotatable bonds is 7. The van der Waals surface area contributed by atoms with Crippen molar-refractivity contribution in [3.8, 4) is 0 Å². The first-order valence-electron chi connectivity index (χ1n) is 7.85. The van der Waals surface area contributed by atoms with E-state index in [-0.39, 0.29) is 0 Å². The van der Waals surface area contributed by atoms with Gasteiger partial charge in [0.15, 0.2) is 0 Å². The summed E-state index contributed by atoms with van der Waals surface area (Å²) in [6, 6.07) is 10.8. The van der Waals surface area contributed by atoms with Crippen molar-refractivity contribution < 1.29 is 0 Å². The van der Waals surface area contributed by atoms with Crippen LogP contribution in [0.1, 0.15) is 38.2 Å². The van der Waals surface area contributed by atoms with E-state index in [0.29, 0.717) is 0 Å². The normalized spacial score (nSPS) is 16.9. The van der Waals surface area contributed by atoms with Crippen LogP contribution in [0, 0.1) is 5.92 Å². The van der Waals surface area contributed by atoms with Crippen LogP contribution in [-0.4, -0.2) is 31.1 Å². The maximum atomic E-state index is 3.45. The van der Waals surface area contributed by atoms with Crippen molar-refractivity contribution >= 4 is 0 Å². The minimum atomic E-state index is 0.969. The van der Waals surface area contributed by atoms with E-state index < -0.39 is 0 Å². The van der Waals surface area contributed by atoms with E-state index in [4.69, 9.17) is 0 Å². The maximum Gasteiger partial charge on any atom is 0.0233 e. The summed E-state index contributed by atoms with van der Waals surface area (Å²) in [4.78, 5) is 2.57. The number of hydrogen-bond donors (Lipinski definition) is 1. The van der Waals surface area contributed by atoms with Crippen molar-refractivity contribution in [2.75, 3.05) is 26.2 Å². The monoisotopic (exact) mass is 260 g/mol. The van der Waals surface area contributed by atoms with Crippen LogP contribution < -0.4 is 5.32 Å². The zero-order valence-corrected chi connectivity index (χ0v) is 12.3. The van der Waals surface area contributed by atoms with Gasteiger partial charge >= 0.3 is 0 Å². The molecule has 2 heteroatoms. The highest BCUT2D eigenvalue weighted by molar-refractivity contribution is 5.14. The molecule has 0 aromatic heterocycles. The van der Waals surface area contributed by atoms with E-state index in [1.54, 1.807) is 0 Å². The van der Waals surface area contributed by atoms with Gasteiger partial charge in [-0.1, -0.05) is 37.3 Å². The molecule has 2 rings (SSSR count). The highest BCUT2D eigenvalue weighted by atomic mass is 15.1. The predicted molar refractivity (Wildman–Crippen MR) is 82.2 cm³/mol. The van der Waals surface area contributed by atoms with E-state index in [0.717, 1.165) is 19.0 Å². The summed E-state index contributed by atoms with van der Waals surface area (Å²) in [6.07, 6.45) is 5.52. The lowest BCUT2D eigenvalue weighted by Crippen LogP contribution is -2.29. The summed E-state index contributed by atoms with van der Waals surface area (Å²) >= 11 is 0. The number of nitrogens with one attached hydrogen (secondary N) is 1. The predicted octanol–water partition coefficient (Wildman–Crippen LogP) is 3.29. The molecule has 0 atom stereocenters. The summed E-state index contributed by atoms with van der Waals surface area (Å²) in [5.41, 5.74) is 1.44. The fraction of sp³-hybridized carbons (Fsp3) is 0.647. The van der Waals surface area contributed by atoms with E-state index >= 15 is 0 Å². The van der Waals surface area contributed by atoms with Gasteiger partial charge in [0.25, 0.3) is 0 Å². The van der Waals surface area contributed by atoms with Gasteiger partial charge in [0, 0.05) is 6.54 Å². The first kappa shape index (κ1) is 14.5. The Kier molecular flexibility index (Phi) is 6.38. The van der Waals surface area contributed by atoms with E-state index in [1.165, 1.54) is 50.9 Å². The Morgan fingerprint density at radius 2 is 1.89 bits per heavy atom. The minimum absolute atomic E-state index is 0.969. The Hall–Kier alpha value is -0.860. The van der Waals surface area contributed by atoms with E-state index in [2.05, 4.69) is 47.5 Å². The second-order valence-electron chi connectivity index (χ2n) is 5.69. The molecule has 1 fully saturated rings. The van der Waals surface area contributed by atoms with E-state index in [1.807, 2.05) is 0 Å². The molecule has 19 heavy (non-hydrogen) atoms. The molecule has 1 saturated heterocycles. The van der Waals surface area contributed by atoms with Crippen LogP contribution in [0.2, 0.25) is 0 Å². The summed E-state index contributed by atoms with van der Waals surface area (Å²) in [6.45, 7) is 8.23. The summed E-state index contributed by atoms with van der Waals surface area (Å²) in [5, 5.41) is 3.45. The first-order valence-corrected chi connectivity index (χ1v) is 7.85. The van der Waals surface area contributed by atoms with Gasteiger partial charge < -0.3 is 5.32 Å². The molecule has 106 valence electrons. The van der Waals surface area contributed by atoms with Crippen molar-refractivity contribution in [3.05, 3.63) is 35.9 Å². The zero-order valence-electron chi connectivity index (χ0n) is 12.3. The first-order chi connectivity index (χ1) is 9.38. The highest BCUT2D eigenvalue weighted by Crippen LogP contribution is 2.18. The third-order valence-electron chi connectivity index (χ3n) is 4.24. The molecule has 0 bridgehead atoms. The Balaban J connectivity index is 1.67. The lowest BCUT2D eigenvalue weighted by atomic mass is 9.93.